The third kappa shape index (κ3) is 4.18. The van der Waals surface area contributed by atoms with Gasteiger partial charge in [0.25, 0.3) is 11.8 Å². The van der Waals surface area contributed by atoms with Crippen molar-refractivity contribution < 1.29 is 9.59 Å². The van der Waals surface area contributed by atoms with Gasteiger partial charge in [-0.15, -0.1) is 11.3 Å². The smallest absolute Gasteiger partial charge is 0.265 e. The molecular formula is C17H19N3O2S. The lowest BCUT2D eigenvalue weighted by atomic mass is 10.1. The Morgan fingerprint density at radius 3 is 2.52 bits per heavy atom. The molecule has 0 saturated heterocycles. The van der Waals surface area contributed by atoms with Gasteiger partial charge in [-0.1, -0.05) is 6.07 Å². The first-order valence-corrected chi connectivity index (χ1v) is 8.50. The van der Waals surface area contributed by atoms with Crippen molar-refractivity contribution in [3.05, 3.63) is 52.2 Å². The van der Waals surface area contributed by atoms with Gasteiger partial charge in [0.1, 0.15) is 0 Å². The molecule has 4 N–H and O–H groups in total. The third-order valence-electron chi connectivity index (χ3n) is 3.88. The lowest BCUT2D eigenvalue weighted by Gasteiger charge is -2.12. The van der Waals surface area contributed by atoms with Gasteiger partial charge in [-0.3, -0.25) is 9.59 Å². The van der Waals surface area contributed by atoms with Crippen LogP contribution < -0.4 is 16.4 Å². The molecule has 1 aromatic carbocycles. The van der Waals surface area contributed by atoms with E-state index >= 15 is 0 Å². The van der Waals surface area contributed by atoms with Crippen LogP contribution in [-0.2, 0) is 0 Å². The van der Waals surface area contributed by atoms with Crippen LogP contribution in [0.15, 0.2) is 41.8 Å². The van der Waals surface area contributed by atoms with Gasteiger partial charge in [-0.25, -0.2) is 0 Å². The molecule has 2 aromatic rings. The number of amides is 2. The molecule has 0 bridgehead atoms. The SMILES string of the molecule is NC(CNC(=O)c1ccc(NC(=O)c2cccs2)cc1)C1CC1. The molecule has 1 atom stereocenters. The molecule has 3 rings (SSSR count). The zero-order chi connectivity index (χ0) is 16.2. The summed E-state index contributed by atoms with van der Waals surface area (Å²) in [5.74, 6) is 0.273. The molecule has 120 valence electrons. The van der Waals surface area contributed by atoms with Crippen molar-refractivity contribution in [1.29, 1.82) is 0 Å². The van der Waals surface area contributed by atoms with E-state index in [0.717, 1.165) is 12.8 Å². The first kappa shape index (κ1) is 15.7. The Hall–Kier alpha value is -2.18. The van der Waals surface area contributed by atoms with Crippen LogP contribution in [0.25, 0.3) is 0 Å². The number of benzene rings is 1. The predicted molar refractivity (Wildman–Crippen MR) is 91.7 cm³/mol. The summed E-state index contributed by atoms with van der Waals surface area (Å²) < 4.78 is 0. The van der Waals surface area contributed by atoms with E-state index in [9.17, 15) is 9.59 Å². The molecule has 1 aliphatic rings. The molecule has 1 unspecified atom stereocenters. The minimum absolute atomic E-state index is 0.0447. The second kappa shape index (κ2) is 6.93. The third-order valence-corrected chi connectivity index (χ3v) is 4.74. The zero-order valence-electron chi connectivity index (χ0n) is 12.6. The number of carbonyl (C=O) groups excluding carboxylic acids is 2. The van der Waals surface area contributed by atoms with Gasteiger partial charge in [0, 0.05) is 23.8 Å². The minimum Gasteiger partial charge on any atom is -0.350 e. The number of rotatable bonds is 6. The molecule has 5 nitrogen and oxygen atoms in total. The quantitative estimate of drug-likeness (QED) is 0.761. The minimum atomic E-state index is -0.146. The summed E-state index contributed by atoms with van der Waals surface area (Å²) in [6.07, 6.45) is 2.32. The average molecular weight is 329 g/mol. The molecule has 6 heteroatoms. The lowest BCUT2D eigenvalue weighted by Crippen LogP contribution is -2.38. The van der Waals surface area contributed by atoms with Crippen LogP contribution in [0.1, 0.15) is 32.9 Å². The number of carbonyl (C=O) groups is 2. The highest BCUT2D eigenvalue weighted by Crippen LogP contribution is 2.31. The first-order chi connectivity index (χ1) is 11.1. The second-order valence-corrected chi connectivity index (χ2v) is 6.67. The van der Waals surface area contributed by atoms with Crippen molar-refractivity contribution in [3.63, 3.8) is 0 Å². The van der Waals surface area contributed by atoms with Crippen molar-refractivity contribution in [2.75, 3.05) is 11.9 Å². The van der Waals surface area contributed by atoms with E-state index in [1.165, 1.54) is 11.3 Å². The van der Waals surface area contributed by atoms with Gasteiger partial charge < -0.3 is 16.4 Å². The Morgan fingerprint density at radius 1 is 1.17 bits per heavy atom. The summed E-state index contributed by atoms with van der Waals surface area (Å²) in [7, 11) is 0. The number of thiophene rings is 1. The average Bonchev–Trinajstić information content (AvgIpc) is 3.27. The van der Waals surface area contributed by atoms with E-state index < -0.39 is 0 Å². The summed E-state index contributed by atoms with van der Waals surface area (Å²) in [6.45, 7) is 0.500. The maximum atomic E-state index is 12.1. The van der Waals surface area contributed by atoms with Crippen molar-refractivity contribution in [3.8, 4) is 0 Å². The maximum Gasteiger partial charge on any atom is 0.265 e. The van der Waals surface area contributed by atoms with Crippen LogP contribution in [-0.4, -0.2) is 24.4 Å². The number of hydrogen-bond acceptors (Lipinski definition) is 4. The zero-order valence-corrected chi connectivity index (χ0v) is 13.4. The summed E-state index contributed by atoms with van der Waals surface area (Å²) in [5.41, 5.74) is 7.19. The number of nitrogens with one attached hydrogen (secondary N) is 2. The molecule has 1 aromatic heterocycles. The van der Waals surface area contributed by atoms with Gasteiger partial charge in [-0.2, -0.15) is 0 Å². The molecule has 1 saturated carbocycles. The van der Waals surface area contributed by atoms with Gasteiger partial charge in [0.05, 0.1) is 4.88 Å². The van der Waals surface area contributed by atoms with Gasteiger partial charge in [-0.05, 0) is 54.5 Å². The lowest BCUT2D eigenvalue weighted by molar-refractivity contribution is 0.0949. The van der Waals surface area contributed by atoms with Crippen molar-refractivity contribution >= 4 is 28.8 Å². The highest BCUT2D eigenvalue weighted by molar-refractivity contribution is 7.12. The molecule has 1 aliphatic carbocycles. The van der Waals surface area contributed by atoms with Crippen molar-refractivity contribution in [2.24, 2.45) is 11.7 Å². The fourth-order valence-electron chi connectivity index (χ4n) is 2.31. The normalized spacial score (nSPS) is 15.0. The second-order valence-electron chi connectivity index (χ2n) is 5.72. The Kier molecular flexibility index (Phi) is 4.73. The molecule has 2 amide bonds. The summed E-state index contributed by atoms with van der Waals surface area (Å²) in [4.78, 5) is 24.7. The fourth-order valence-corrected chi connectivity index (χ4v) is 2.93. The highest BCUT2D eigenvalue weighted by atomic mass is 32.1. The number of anilines is 1. The largest absolute Gasteiger partial charge is 0.350 e. The standard InChI is InChI=1S/C17H19N3O2S/c18-14(11-3-4-11)10-19-16(21)12-5-7-13(8-6-12)20-17(22)15-2-1-9-23-15/h1-2,5-9,11,14H,3-4,10,18H2,(H,19,21)(H,20,22). The molecule has 0 aliphatic heterocycles. The van der Waals surface area contributed by atoms with Gasteiger partial charge >= 0.3 is 0 Å². The van der Waals surface area contributed by atoms with Crippen LogP contribution in [0.3, 0.4) is 0 Å². The fraction of sp³-hybridized carbons (Fsp3) is 0.294. The Balaban J connectivity index is 1.53. The van der Waals surface area contributed by atoms with E-state index in [-0.39, 0.29) is 17.9 Å². The predicted octanol–water partition coefficient (Wildman–Crippen LogP) is 2.47. The molecule has 23 heavy (non-hydrogen) atoms. The Labute approximate surface area is 138 Å². The van der Waals surface area contributed by atoms with Crippen LogP contribution in [0, 0.1) is 5.92 Å². The molecule has 0 radical (unpaired) electrons. The van der Waals surface area contributed by atoms with E-state index in [4.69, 9.17) is 5.73 Å². The van der Waals surface area contributed by atoms with Gasteiger partial charge in [0.2, 0.25) is 0 Å². The van der Waals surface area contributed by atoms with E-state index in [1.807, 2.05) is 11.4 Å². The van der Waals surface area contributed by atoms with E-state index in [0.29, 0.717) is 28.6 Å². The molecule has 0 spiro atoms. The van der Waals surface area contributed by atoms with E-state index in [1.54, 1.807) is 30.3 Å². The first-order valence-electron chi connectivity index (χ1n) is 7.62. The van der Waals surface area contributed by atoms with Crippen LogP contribution in [0.5, 0.6) is 0 Å². The summed E-state index contributed by atoms with van der Waals surface area (Å²) >= 11 is 1.39. The molecular weight excluding hydrogens is 310 g/mol. The number of nitrogens with two attached hydrogens (primary N) is 1. The number of hydrogen-bond donors (Lipinski definition) is 3. The maximum absolute atomic E-state index is 12.1. The van der Waals surface area contributed by atoms with Crippen LogP contribution in [0.4, 0.5) is 5.69 Å². The molecule has 1 heterocycles. The van der Waals surface area contributed by atoms with Crippen LogP contribution in [0.2, 0.25) is 0 Å². The van der Waals surface area contributed by atoms with Crippen molar-refractivity contribution in [2.45, 2.75) is 18.9 Å². The Bertz CT molecular complexity index is 678. The molecule has 1 fully saturated rings. The Morgan fingerprint density at radius 2 is 1.91 bits per heavy atom. The summed E-state index contributed by atoms with van der Waals surface area (Å²) in [5, 5.41) is 7.51. The highest BCUT2D eigenvalue weighted by Gasteiger charge is 2.28. The van der Waals surface area contributed by atoms with E-state index in [2.05, 4.69) is 10.6 Å². The van der Waals surface area contributed by atoms with Gasteiger partial charge in [0.15, 0.2) is 0 Å². The topological polar surface area (TPSA) is 84.2 Å². The van der Waals surface area contributed by atoms with Crippen LogP contribution >= 0.6 is 11.3 Å². The van der Waals surface area contributed by atoms with Crippen molar-refractivity contribution in [1.82, 2.24) is 5.32 Å². The summed E-state index contributed by atoms with van der Waals surface area (Å²) in [6, 6.07) is 10.5. The monoisotopic (exact) mass is 329 g/mol.